The van der Waals surface area contributed by atoms with E-state index >= 15 is 0 Å². The molecule has 54 valence electrons. The van der Waals surface area contributed by atoms with Crippen molar-refractivity contribution in [2.75, 3.05) is 0 Å². The van der Waals surface area contributed by atoms with Gasteiger partial charge in [0.1, 0.15) is 5.69 Å². The van der Waals surface area contributed by atoms with E-state index in [1.165, 1.54) is 0 Å². The lowest BCUT2D eigenvalue weighted by molar-refractivity contribution is -0.392. The highest BCUT2D eigenvalue weighted by Crippen LogP contribution is 1.83. The van der Waals surface area contributed by atoms with Crippen molar-refractivity contribution >= 4 is 0 Å². The average Bonchev–Trinajstić information content (AvgIpc) is 1.93. The molecule has 1 heterocycles. The first-order valence-electron chi connectivity index (χ1n) is 2.93. The van der Waals surface area contributed by atoms with E-state index in [0.717, 1.165) is 0 Å². The van der Waals surface area contributed by atoms with Crippen LogP contribution in [0.1, 0.15) is 11.4 Å². The molecule has 0 radical (unpaired) electrons. The van der Waals surface area contributed by atoms with Gasteiger partial charge in [0, 0.05) is 6.92 Å². The molecular formula is C6H9N2O2+. The number of aromatic nitrogens is 2. The molecule has 4 nitrogen and oxygen atoms in total. The molecule has 0 bridgehead atoms. The zero-order chi connectivity index (χ0) is 7.72. The molecule has 0 saturated heterocycles. The van der Waals surface area contributed by atoms with Gasteiger partial charge in [-0.25, -0.2) is 4.98 Å². The van der Waals surface area contributed by atoms with Crippen molar-refractivity contribution in [3.8, 4) is 0 Å². The summed E-state index contributed by atoms with van der Waals surface area (Å²) in [6.45, 7) is 3.24. The van der Waals surface area contributed by atoms with E-state index in [2.05, 4.69) is 4.98 Å². The minimum absolute atomic E-state index is 0.403. The lowest BCUT2D eigenvalue weighted by Crippen LogP contribution is -2.30. The van der Waals surface area contributed by atoms with Crippen molar-refractivity contribution in [1.29, 1.82) is 0 Å². The fraction of sp³-hybridized carbons (Fsp3) is 0.333. The summed E-state index contributed by atoms with van der Waals surface area (Å²) in [7, 11) is 0. The Morgan fingerprint density at radius 2 is 2.20 bits per heavy atom. The van der Waals surface area contributed by atoms with Crippen LogP contribution < -0.4 is 10.5 Å². The van der Waals surface area contributed by atoms with Gasteiger partial charge in [0.15, 0.2) is 6.20 Å². The number of H-pyrrole nitrogens is 1. The van der Waals surface area contributed by atoms with Crippen LogP contribution in [0.3, 0.4) is 0 Å². The van der Waals surface area contributed by atoms with E-state index in [-0.39, 0.29) is 0 Å². The lowest BCUT2D eigenvalue weighted by Gasteiger charge is -1.95. The van der Waals surface area contributed by atoms with Crippen LogP contribution in [0.5, 0.6) is 0 Å². The SMILES string of the molecule is Cc1[nH+]cc(C)n(O)c1=O. The Balaban J connectivity index is 3.50. The Bertz CT molecular complexity index is 303. The van der Waals surface area contributed by atoms with Crippen LogP contribution in [0.2, 0.25) is 0 Å². The van der Waals surface area contributed by atoms with Gasteiger partial charge in [0.05, 0.1) is 0 Å². The number of nitrogens with zero attached hydrogens (tertiary/aromatic N) is 1. The Morgan fingerprint density at radius 1 is 1.60 bits per heavy atom. The van der Waals surface area contributed by atoms with Crippen LogP contribution in [0.15, 0.2) is 11.0 Å². The maximum absolute atomic E-state index is 10.9. The van der Waals surface area contributed by atoms with Gasteiger partial charge < -0.3 is 5.21 Å². The third-order valence-electron chi connectivity index (χ3n) is 1.34. The second-order valence-electron chi connectivity index (χ2n) is 2.17. The van der Waals surface area contributed by atoms with Gasteiger partial charge >= 0.3 is 5.56 Å². The summed E-state index contributed by atoms with van der Waals surface area (Å²) in [6.07, 6.45) is 1.57. The van der Waals surface area contributed by atoms with Crippen LogP contribution in [0.4, 0.5) is 0 Å². The van der Waals surface area contributed by atoms with E-state index < -0.39 is 5.56 Å². The summed E-state index contributed by atoms with van der Waals surface area (Å²) >= 11 is 0. The minimum atomic E-state index is -0.403. The predicted octanol–water partition coefficient (Wildman–Crippen LogP) is -0.483. The number of aryl methyl sites for hydroxylation is 2. The van der Waals surface area contributed by atoms with E-state index in [1.807, 2.05) is 0 Å². The molecule has 0 aliphatic carbocycles. The van der Waals surface area contributed by atoms with Gasteiger partial charge in [-0.3, -0.25) is 4.79 Å². The first-order chi connectivity index (χ1) is 4.63. The van der Waals surface area contributed by atoms with E-state index in [4.69, 9.17) is 5.21 Å². The summed E-state index contributed by atoms with van der Waals surface area (Å²) in [6, 6.07) is 0. The van der Waals surface area contributed by atoms with Gasteiger partial charge in [-0.1, -0.05) is 0 Å². The third kappa shape index (κ3) is 0.877. The molecule has 0 unspecified atom stereocenters. The molecule has 0 fully saturated rings. The van der Waals surface area contributed by atoms with Crippen LogP contribution in [0, 0.1) is 13.8 Å². The first-order valence-corrected chi connectivity index (χ1v) is 2.93. The van der Waals surface area contributed by atoms with Crippen molar-refractivity contribution < 1.29 is 10.2 Å². The van der Waals surface area contributed by atoms with Crippen LogP contribution >= 0.6 is 0 Å². The number of nitrogens with one attached hydrogen (secondary N) is 1. The monoisotopic (exact) mass is 141 g/mol. The van der Waals surface area contributed by atoms with Crippen molar-refractivity contribution in [1.82, 2.24) is 4.73 Å². The molecule has 0 atom stereocenters. The number of rotatable bonds is 0. The summed E-state index contributed by atoms with van der Waals surface area (Å²) in [5.74, 6) is 0. The van der Waals surface area contributed by atoms with Crippen molar-refractivity contribution in [3.05, 3.63) is 27.9 Å². The normalized spacial score (nSPS) is 9.80. The fourth-order valence-corrected chi connectivity index (χ4v) is 0.655. The summed E-state index contributed by atoms with van der Waals surface area (Å²) in [4.78, 5) is 13.6. The van der Waals surface area contributed by atoms with Crippen LogP contribution in [0.25, 0.3) is 0 Å². The number of hydrogen-bond donors (Lipinski definition) is 1. The maximum Gasteiger partial charge on any atom is 0.350 e. The highest BCUT2D eigenvalue weighted by molar-refractivity contribution is 4.92. The van der Waals surface area contributed by atoms with Gasteiger partial charge in [0.25, 0.3) is 0 Å². The second-order valence-corrected chi connectivity index (χ2v) is 2.17. The van der Waals surface area contributed by atoms with E-state index in [1.54, 1.807) is 20.0 Å². The molecule has 0 saturated carbocycles. The second kappa shape index (κ2) is 2.13. The minimum Gasteiger partial charge on any atom is -0.425 e. The van der Waals surface area contributed by atoms with Crippen molar-refractivity contribution in [2.24, 2.45) is 0 Å². The van der Waals surface area contributed by atoms with Gasteiger partial charge in [-0.2, -0.15) is 0 Å². The average molecular weight is 141 g/mol. The van der Waals surface area contributed by atoms with E-state index in [9.17, 15) is 4.79 Å². The highest BCUT2D eigenvalue weighted by Gasteiger charge is 2.05. The van der Waals surface area contributed by atoms with Crippen LogP contribution in [-0.4, -0.2) is 9.94 Å². The van der Waals surface area contributed by atoms with Gasteiger partial charge in [-0.15, -0.1) is 4.73 Å². The quantitative estimate of drug-likeness (QED) is 0.496. The predicted molar refractivity (Wildman–Crippen MR) is 33.9 cm³/mol. The molecule has 4 heteroatoms. The third-order valence-corrected chi connectivity index (χ3v) is 1.34. The lowest BCUT2D eigenvalue weighted by atomic mass is 10.4. The zero-order valence-electron chi connectivity index (χ0n) is 5.88. The zero-order valence-corrected chi connectivity index (χ0v) is 5.88. The molecule has 1 rings (SSSR count). The molecule has 0 aromatic carbocycles. The summed E-state index contributed by atoms with van der Waals surface area (Å²) in [5, 5.41) is 8.97. The Kier molecular flexibility index (Phi) is 1.45. The highest BCUT2D eigenvalue weighted by atomic mass is 16.5. The molecule has 0 spiro atoms. The number of aromatic amines is 1. The molecule has 1 aromatic heterocycles. The summed E-state index contributed by atoms with van der Waals surface area (Å²) in [5.41, 5.74) is 0.517. The van der Waals surface area contributed by atoms with Crippen LogP contribution in [-0.2, 0) is 0 Å². The molecular weight excluding hydrogens is 132 g/mol. The van der Waals surface area contributed by atoms with Crippen molar-refractivity contribution in [3.63, 3.8) is 0 Å². The summed E-state index contributed by atoms with van der Waals surface area (Å²) < 4.78 is 0.617. The maximum atomic E-state index is 10.9. The van der Waals surface area contributed by atoms with Crippen molar-refractivity contribution in [2.45, 2.75) is 13.8 Å². The Morgan fingerprint density at radius 3 is 2.70 bits per heavy atom. The van der Waals surface area contributed by atoms with Gasteiger partial charge in [-0.05, 0) is 6.92 Å². The molecule has 10 heavy (non-hydrogen) atoms. The van der Waals surface area contributed by atoms with E-state index in [0.29, 0.717) is 16.1 Å². The molecule has 0 amide bonds. The molecule has 1 aromatic rings. The largest absolute Gasteiger partial charge is 0.425 e. The van der Waals surface area contributed by atoms with Gasteiger partial charge in [0.2, 0.25) is 5.69 Å². The standard InChI is InChI=1S/C6H8N2O2/c1-4-3-7-5(2)6(9)8(4)10/h3,10H,1-2H3/p+1. The smallest absolute Gasteiger partial charge is 0.350 e. The Hall–Kier alpha value is -1.32. The fourth-order valence-electron chi connectivity index (χ4n) is 0.655. The number of hydrogen-bond acceptors (Lipinski definition) is 2. The Labute approximate surface area is 57.7 Å². The molecule has 0 aliphatic heterocycles. The first kappa shape index (κ1) is 6.80. The molecule has 0 aliphatic rings. The molecule has 2 N–H and O–H groups in total. The topological polar surface area (TPSA) is 56.4 Å².